The summed E-state index contributed by atoms with van der Waals surface area (Å²) in [7, 11) is 0. The molecule has 0 radical (unpaired) electrons. The van der Waals surface area contributed by atoms with Gasteiger partial charge in [-0.15, -0.1) is 0 Å². The molecule has 5 rings (SSSR count). The minimum atomic E-state index is -0.0198. The molecule has 2 aliphatic rings. The van der Waals surface area contributed by atoms with Gasteiger partial charge >= 0.3 is 0 Å². The summed E-state index contributed by atoms with van der Waals surface area (Å²) in [4.78, 5) is 19.7. The van der Waals surface area contributed by atoms with Gasteiger partial charge in [-0.3, -0.25) is 9.69 Å². The molecule has 3 aromatic rings. The van der Waals surface area contributed by atoms with Gasteiger partial charge in [0.15, 0.2) is 0 Å². The molecule has 5 nitrogen and oxygen atoms in total. The molecule has 1 N–H and O–H groups in total. The Kier molecular flexibility index (Phi) is 4.05. The maximum Gasteiger partial charge on any atom is 0.253 e. The lowest BCUT2D eigenvalue weighted by molar-refractivity contribution is 0.0956. The highest BCUT2D eigenvalue weighted by Gasteiger charge is 2.23. The zero-order chi connectivity index (χ0) is 19.3. The van der Waals surface area contributed by atoms with Crippen molar-refractivity contribution in [2.45, 2.75) is 39.0 Å². The normalized spacial score (nSPS) is 21.9. The van der Waals surface area contributed by atoms with Gasteiger partial charge in [-0.2, -0.15) is 0 Å². The number of nitrogens with one attached hydrogen (secondary N) is 1. The standard InChI is InChI=1S/C23H24N4O/c1-15-6-7-16(2)27(15)14-17-8-10-18(11-9-17)22-25-20-5-3-4-19-21(20)26(22)13-12-24-23(19)28/h3-11,15-16H,12-14H2,1-2H3,(H,24,28). The van der Waals surface area contributed by atoms with Crippen LogP contribution >= 0.6 is 0 Å². The van der Waals surface area contributed by atoms with Crippen LogP contribution in [0.1, 0.15) is 29.8 Å². The fourth-order valence-corrected chi connectivity index (χ4v) is 4.35. The van der Waals surface area contributed by atoms with Crippen LogP contribution in [0.15, 0.2) is 54.6 Å². The van der Waals surface area contributed by atoms with E-state index in [4.69, 9.17) is 4.98 Å². The van der Waals surface area contributed by atoms with Crippen molar-refractivity contribution >= 4 is 16.9 Å². The summed E-state index contributed by atoms with van der Waals surface area (Å²) >= 11 is 0. The van der Waals surface area contributed by atoms with Gasteiger partial charge in [0.2, 0.25) is 0 Å². The maximum atomic E-state index is 12.3. The molecule has 0 saturated carbocycles. The van der Waals surface area contributed by atoms with Gasteiger partial charge in [0, 0.05) is 37.3 Å². The van der Waals surface area contributed by atoms with Crippen LogP contribution in [0.4, 0.5) is 0 Å². The number of hydrogen-bond donors (Lipinski definition) is 1. The Balaban J connectivity index is 1.50. The third-order valence-electron chi connectivity index (χ3n) is 5.92. The Labute approximate surface area is 164 Å². The van der Waals surface area contributed by atoms with E-state index in [1.807, 2.05) is 18.2 Å². The second-order valence-corrected chi connectivity index (χ2v) is 7.75. The van der Waals surface area contributed by atoms with Crippen LogP contribution in [0, 0.1) is 0 Å². The number of imidazole rings is 1. The monoisotopic (exact) mass is 372 g/mol. The summed E-state index contributed by atoms with van der Waals surface area (Å²) in [6.07, 6.45) is 4.55. The number of amides is 1. The lowest BCUT2D eigenvalue weighted by atomic mass is 10.1. The minimum absolute atomic E-state index is 0.0198. The molecule has 0 bridgehead atoms. The number of nitrogens with zero attached hydrogens (tertiary/aromatic N) is 3. The van der Waals surface area contributed by atoms with Crippen molar-refractivity contribution < 1.29 is 4.79 Å². The summed E-state index contributed by atoms with van der Waals surface area (Å²) < 4.78 is 2.17. The SMILES string of the molecule is CC1C=CC(C)N1Cc1ccc(-c2nc3cccc4c3n2CCNC4=O)cc1. The zero-order valence-electron chi connectivity index (χ0n) is 16.2. The van der Waals surface area contributed by atoms with Crippen LogP contribution in [0.3, 0.4) is 0 Å². The molecular formula is C23H24N4O. The summed E-state index contributed by atoms with van der Waals surface area (Å²) in [5.41, 5.74) is 4.90. The van der Waals surface area contributed by atoms with Gasteiger partial charge < -0.3 is 9.88 Å². The van der Waals surface area contributed by atoms with Crippen molar-refractivity contribution in [1.82, 2.24) is 19.8 Å². The minimum Gasteiger partial charge on any atom is -0.350 e. The Bertz CT molecular complexity index is 1070. The Hall–Kier alpha value is -2.92. The fourth-order valence-electron chi connectivity index (χ4n) is 4.35. The molecule has 28 heavy (non-hydrogen) atoms. The fraction of sp³-hybridized carbons (Fsp3) is 0.304. The van der Waals surface area contributed by atoms with E-state index in [1.165, 1.54) is 5.56 Å². The molecule has 2 atom stereocenters. The average Bonchev–Trinajstić information content (AvgIpc) is 3.17. The highest BCUT2D eigenvalue weighted by molar-refractivity contribution is 6.06. The Morgan fingerprint density at radius 2 is 1.82 bits per heavy atom. The van der Waals surface area contributed by atoms with Gasteiger partial charge in [-0.05, 0) is 31.5 Å². The van der Waals surface area contributed by atoms with Crippen molar-refractivity contribution in [3.05, 3.63) is 65.7 Å². The molecule has 2 unspecified atom stereocenters. The van der Waals surface area contributed by atoms with E-state index in [0.717, 1.165) is 35.5 Å². The molecule has 1 aromatic heterocycles. The number of aromatic nitrogens is 2. The van der Waals surface area contributed by atoms with E-state index >= 15 is 0 Å². The molecular weight excluding hydrogens is 348 g/mol. The quantitative estimate of drug-likeness (QED) is 0.715. The summed E-state index contributed by atoms with van der Waals surface area (Å²) in [6, 6.07) is 15.4. The van der Waals surface area contributed by atoms with Crippen LogP contribution in [-0.2, 0) is 13.1 Å². The van der Waals surface area contributed by atoms with Crippen molar-refractivity contribution in [1.29, 1.82) is 0 Å². The predicted octanol–water partition coefficient (Wildman–Crippen LogP) is 3.60. The highest BCUT2D eigenvalue weighted by atomic mass is 16.1. The topological polar surface area (TPSA) is 50.2 Å². The molecule has 3 heterocycles. The summed E-state index contributed by atoms with van der Waals surface area (Å²) in [6.45, 7) is 6.76. The lowest BCUT2D eigenvalue weighted by Crippen LogP contribution is -2.32. The number of para-hydroxylation sites is 1. The van der Waals surface area contributed by atoms with E-state index < -0.39 is 0 Å². The molecule has 0 aliphatic carbocycles. The van der Waals surface area contributed by atoms with Crippen LogP contribution < -0.4 is 5.32 Å². The highest BCUT2D eigenvalue weighted by Crippen LogP contribution is 2.29. The molecule has 2 aliphatic heterocycles. The Morgan fingerprint density at radius 3 is 2.57 bits per heavy atom. The van der Waals surface area contributed by atoms with E-state index in [0.29, 0.717) is 24.2 Å². The molecule has 0 spiro atoms. The van der Waals surface area contributed by atoms with Crippen molar-refractivity contribution in [2.75, 3.05) is 6.54 Å². The molecule has 2 aromatic carbocycles. The average molecular weight is 372 g/mol. The number of carbonyl (C=O) groups is 1. The predicted molar refractivity (Wildman–Crippen MR) is 111 cm³/mol. The van der Waals surface area contributed by atoms with Gasteiger partial charge in [0.25, 0.3) is 5.91 Å². The van der Waals surface area contributed by atoms with Crippen molar-refractivity contribution in [2.24, 2.45) is 0 Å². The summed E-state index contributed by atoms with van der Waals surface area (Å²) in [5.74, 6) is 0.906. The molecule has 0 fully saturated rings. The van der Waals surface area contributed by atoms with Crippen LogP contribution in [-0.4, -0.2) is 39.0 Å². The van der Waals surface area contributed by atoms with Crippen LogP contribution in [0.2, 0.25) is 0 Å². The first kappa shape index (κ1) is 17.2. The molecule has 0 saturated heterocycles. The molecule has 1 amide bonds. The van der Waals surface area contributed by atoms with E-state index in [2.05, 4.69) is 65.0 Å². The molecule has 5 heteroatoms. The van der Waals surface area contributed by atoms with E-state index in [1.54, 1.807) is 0 Å². The van der Waals surface area contributed by atoms with Gasteiger partial charge in [-0.1, -0.05) is 42.5 Å². The largest absolute Gasteiger partial charge is 0.350 e. The maximum absolute atomic E-state index is 12.3. The number of rotatable bonds is 3. The first-order chi connectivity index (χ1) is 13.6. The third-order valence-corrected chi connectivity index (χ3v) is 5.92. The number of hydrogen-bond acceptors (Lipinski definition) is 3. The van der Waals surface area contributed by atoms with E-state index in [9.17, 15) is 4.79 Å². The Morgan fingerprint density at radius 1 is 1.07 bits per heavy atom. The van der Waals surface area contributed by atoms with Crippen molar-refractivity contribution in [3.63, 3.8) is 0 Å². The van der Waals surface area contributed by atoms with Gasteiger partial charge in [0.1, 0.15) is 5.82 Å². The zero-order valence-corrected chi connectivity index (χ0v) is 16.2. The summed E-state index contributed by atoms with van der Waals surface area (Å²) in [5, 5.41) is 2.97. The second kappa shape index (κ2) is 6.60. The van der Waals surface area contributed by atoms with Gasteiger partial charge in [-0.25, -0.2) is 4.98 Å². The smallest absolute Gasteiger partial charge is 0.253 e. The second-order valence-electron chi connectivity index (χ2n) is 7.75. The number of carbonyl (C=O) groups excluding carboxylic acids is 1. The van der Waals surface area contributed by atoms with Crippen molar-refractivity contribution in [3.8, 4) is 11.4 Å². The van der Waals surface area contributed by atoms with Gasteiger partial charge in [0.05, 0.1) is 16.6 Å². The lowest BCUT2D eigenvalue weighted by Gasteiger charge is -2.26. The van der Waals surface area contributed by atoms with Crippen LogP contribution in [0.25, 0.3) is 22.4 Å². The van der Waals surface area contributed by atoms with E-state index in [-0.39, 0.29) is 5.91 Å². The first-order valence-electron chi connectivity index (χ1n) is 9.92. The molecule has 142 valence electrons. The third kappa shape index (κ3) is 2.74. The number of benzene rings is 2. The van der Waals surface area contributed by atoms with Crippen LogP contribution in [0.5, 0.6) is 0 Å². The first-order valence-corrected chi connectivity index (χ1v) is 9.92.